The molecule has 2 N–H and O–H groups in total. The molecule has 16 heavy (non-hydrogen) atoms. The molecule has 0 fully saturated rings. The zero-order chi connectivity index (χ0) is 12.0. The summed E-state index contributed by atoms with van der Waals surface area (Å²) in [6, 6.07) is 0. The lowest BCUT2D eigenvalue weighted by Crippen LogP contribution is -2.24. The van der Waals surface area contributed by atoms with E-state index in [4.69, 9.17) is 5.11 Å². The minimum atomic E-state index is -4.36. The molecule has 0 amide bonds. The molecule has 0 aliphatic carbocycles. The minimum absolute atomic E-state index is 0.0154. The summed E-state index contributed by atoms with van der Waals surface area (Å²) >= 11 is 0. The Morgan fingerprint density at radius 1 is 1.50 bits per heavy atom. The van der Waals surface area contributed by atoms with Gasteiger partial charge in [0.05, 0.1) is 25.4 Å². The van der Waals surface area contributed by atoms with Gasteiger partial charge in [-0.2, -0.15) is 18.7 Å². The lowest BCUT2D eigenvalue weighted by atomic mass is 10.5. The first-order chi connectivity index (χ1) is 7.51. The van der Waals surface area contributed by atoms with E-state index < -0.39 is 12.8 Å². The van der Waals surface area contributed by atoms with Crippen LogP contribution in [0.4, 0.5) is 13.2 Å². The molecule has 0 atom stereocenters. The van der Waals surface area contributed by atoms with Crippen molar-refractivity contribution in [2.75, 3.05) is 13.2 Å². The molecule has 0 bridgehead atoms. The average Bonchev–Trinajstić information content (AvgIpc) is 2.60. The van der Waals surface area contributed by atoms with Crippen LogP contribution < -0.4 is 5.48 Å². The van der Waals surface area contributed by atoms with Gasteiger partial charge in [0.2, 0.25) is 0 Å². The van der Waals surface area contributed by atoms with Crippen LogP contribution in [0.25, 0.3) is 0 Å². The maximum Gasteiger partial charge on any atom is 0.413 e. The summed E-state index contributed by atoms with van der Waals surface area (Å²) in [6.45, 7) is -1.14. The van der Waals surface area contributed by atoms with Gasteiger partial charge < -0.3 is 5.11 Å². The standard InChI is InChI=1S/C7H11F3N4O2/c8-7(9,10)5-16-11-3-6-4-14(1-2-15)13-12-6/h4,11,15H,1-3,5H2. The molecule has 0 spiro atoms. The predicted octanol–water partition coefficient (Wildman–Crippen LogP) is -0.146. The molecule has 1 aromatic rings. The number of nitrogens with zero attached hydrogens (tertiary/aromatic N) is 3. The number of rotatable bonds is 6. The molecule has 1 aromatic heterocycles. The van der Waals surface area contributed by atoms with Gasteiger partial charge in [0.1, 0.15) is 0 Å². The Bertz CT molecular complexity index is 315. The molecule has 1 rings (SSSR count). The lowest BCUT2D eigenvalue weighted by Gasteiger charge is -2.06. The number of hydrogen-bond acceptors (Lipinski definition) is 5. The van der Waals surface area contributed by atoms with Crippen LogP contribution in [0.3, 0.4) is 0 Å². The van der Waals surface area contributed by atoms with Gasteiger partial charge in [0.15, 0.2) is 6.61 Å². The van der Waals surface area contributed by atoms with Crippen LogP contribution in [0.5, 0.6) is 0 Å². The number of hydrogen-bond donors (Lipinski definition) is 2. The van der Waals surface area contributed by atoms with Crippen LogP contribution in [0.1, 0.15) is 5.69 Å². The van der Waals surface area contributed by atoms with Gasteiger partial charge in [-0.25, -0.2) is 4.68 Å². The van der Waals surface area contributed by atoms with Crippen LogP contribution in [-0.4, -0.2) is 39.5 Å². The molecule has 0 radical (unpaired) electrons. The summed E-state index contributed by atoms with van der Waals surface area (Å²) in [5.74, 6) is 0. The normalized spacial score (nSPS) is 12.0. The molecule has 9 heteroatoms. The topological polar surface area (TPSA) is 72.2 Å². The van der Waals surface area contributed by atoms with E-state index in [9.17, 15) is 13.2 Å². The first-order valence-electron chi connectivity index (χ1n) is 4.42. The van der Waals surface area contributed by atoms with Gasteiger partial charge in [0, 0.05) is 6.20 Å². The van der Waals surface area contributed by atoms with Crippen molar-refractivity contribution in [1.82, 2.24) is 20.5 Å². The number of aromatic nitrogens is 3. The van der Waals surface area contributed by atoms with Crippen molar-refractivity contribution in [3.8, 4) is 0 Å². The molecule has 0 unspecified atom stereocenters. The second-order valence-corrected chi connectivity index (χ2v) is 2.92. The number of nitrogens with one attached hydrogen (secondary N) is 1. The third kappa shape index (κ3) is 5.05. The summed E-state index contributed by atoms with van der Waals surface area (Å²) < 4.78 is 36.4. The van der Waals surface area contributed by atoms with Crippen molar-refractivity contribution in [2.45, 2.75) is 19.3 Å². The zero-order valence-electron chi connectivity index (χ0n) is 8.24. The number of aliphatic hydroxyl groups is 1. The van der Waals surface area contributed by atoms with Crippen molar-refractivity contribution in [3.63, 3.8) is 0 Å². The van der Waals surface area contributed by atoms with E-state index in [2.05, 4.69) is 20.6 Å². The van der Waals surface area contributed by atoms with Crippen LogP contribution in [0.15, 0.2) is 6.20 Å². The fourth-order valence-corrected chi connectivity index (χ4v) is 0.889. The molecular formula is C7H11F3N4O2. The van der Waals surface area contributed by atoms with Crippen LogP contribution >= 0.6 is 0 Å². The van der Waals surface area contributed by atoms with E-state index in [0.29, 0.717) is 5.69 Å². The Kier molecular flexibility index (Phi) is 4.65. The number of alkyl halides is 3. The molecule has 0 aromatic carbocycles. The highest BCUT2D eigenvalue weighted by molar-refractivity contribution is 4.90. The van der Waals surface area contributed by atoms with Gasteiger partial charge in [0.25, 0.3) is 0 Å². The lowest BCUT2D eigenvalue weighted by molar-refractivity contribution is -0.190. The van der Waals surface area contributed by atoms with Gasteiger partial charge in [-0.15, -0.1) is 5.10 Å². The predicted molar refractivity (Wildman–Crippen MR) is 46.0 cm³/mol. The van der Waals surface area contributed by atoms with E-state index in [1.165, 1.54) is 10.9 Å². The molecule has 0 saturated heterocycles. The Morgan fingerprint density at radius 2 is 2.25 bits per heavy atom. The SMILES string of the molecule is OCCn1cc(CNOCC(F)(F)F)nn1. The second-order valence-electron chi connectivity index (χ2n) is 2.92. The van der Waals surface area contributed by atoms with Gasteiger partial charge >= 0.3 is 6.18 Å². The van der Waals surface area contributed by atoms with Crippen molar-refractivity contribution >= 4 is 0 Å². The largest absolute Gasteiger partial charge is 0.413 e. The molecule has 0 aliphatic rings. The molecule has 6 nitrogen and oxygen atoms in total. The van der Waals surface area contributed by atoms with Crippen LogP contribution in [0, 0.1) is 0 Å². The number of halogens is 3. The smallest absolute Gasteiger partial charge is 0.394 e. The maximum atomic E-state index is 11.7. The first kappa shape index (κ1) is 12.9. The molecule has 92 valence electrons. The third-order valence-electron chi connectivity index (χ3n) is 1.51. The highest BCUT2D eigenvalue weighted by Gasteiger charge is 2.27. The molecule has 0 saturated carbocycles. The van der Waals surface area contributed by atoms with Crippen molar-refractivity contribution < 1.29 is 23.1 Å². The van der Waals surface area contributed by atoms with E-state index in [-0.39, 0.29) is 19.7 Å². The Labute approximate surface area is 89.0 Å². The van der Waals surface area contributed by atoms with Gasteiger partial charge in [-0.1, -0.05) is 5.21 Å². The summed E-state index contributed by atoms with van der Waals surface area (Å²) in [5, 5.41) is 15.8. The zero-order valence-corrected chi connectivity index (χ0v) is 8.24. The summed E-state index contributed by atoms with van der Waals surface area (Å²) in [7, 11) is 0. The summed E-state index contributed by atoms with van der Waals surface area (Å²) in [5.41, 5.74) is 2.54. The number of aliphatic hydroxyl groups excluding tert-OH is 1. The van der Waals surface area contributed by atoms with Crippen molar-refractivity contribution in [3.05, 3.63) is 11.9 Å². The Balaban J connectivity index is 2.21. The highest BCUT2D eigenvalue weighted by Crippen LogP contribution is 2.13. The van der Waals surface area contributed by atoms with Crippen LogP contribution in [-0.2, 0) is 17.9 Å². The minimum Gasteiger partial charge on any atom is -0.394 e. The van der Waals surface area contributed by atoms with Crippen molar-refractivity contribution in [2.24, 2.45) is 0 Å². The summed E-state index contributed by atoms with van der Waals surface area (Å²) in [4.78, 5) is 4.17. The first-order valence-corrected chi connectivity index (χ1v) is 4.42. The van der Waals surface area contributed by atoms with E-state index in [1.54, 1.807) is 0 Å². The van der Waals surface area contributed by atoms with Gasteiger partial charge in [-0.3, -0.25) is 4.84 Å². The fourth-order valence-electron chi connectivity index (χ4n) is 0.889. The Hall–Kier alpha value is -1.19. The highest BCUT2D eigenvalue weighted by atomic mass is 19.4. The fraction of sp³-hybridized carbons (Fsp3) is 0.714. The third-order valence-corrected chi connectivity index (χ3v) is 1.51. The van der Waals surface area contributed by atoms with Crippen molar-refractivity contribution in [1.29, 1.82) is 0 Å². The van der Waals surface area contributed by atoms with E-state index >= 15 is 0 Å². The number of hydroxylamine groups is 1. The average molecular weight is 240 g/mol. The maximum absolute atomic E-state index is 11.7. The molecule has 0 aliphatic heterocycles. The quantitative estimate of drug-likeness (QED) is 0.534. The second kappa shape index (κ2) is 5.77. The monoisotopic (exact) mass is 240 g/mol. The summed E-state index contributed by atoms with van der Waals surface area (Å²) in [6.07, 6.45) is -2.86. The van der Waals surface area contributed by atoms with Crippen LogP contribution in [0.2, 0.25) is 0 Å². The van der Waals surface area contributed by atoms with Gasteiger partial charge in [-0.05, 0) is 0 Å². The molecule has 1 heterocycles. The van der Waals surface area contributed by atoms with E-state index in [1.807, 2.05) is 0 Å². The Morgan fingerprint density at radius 3 is 2.88 bits per heavy atom. The molecular weight excluding hydrogens is 229 g/mol. The van der Waals surface area contributed by atoms with E-state index in [0.717, 1.165) is 0 Å².